The summed E-state index contributed by atoms with van der Waals surface area (Å²) >= 11 is 1.72. The highest BCUT2D eigenvalue weighted by Gasteiger charge is 2.15. The first-order valence-electron chi connectivity index (χ1n) is 12.8. The van der Waals surface area contributed by atoms with E-state index in [4.69, 9.17) is 4.74 Å². The zero-order chi connectivity index (χ0) is 24.6. The number of hydrogen-bond donors (Lipinski definition) is 2. The minimum atomic E-state index is 0.684. The van der Waals surface area contributed by atoms with Gasteiger partial charge in [0, 0.05) is 34.6 Å². The second-order valence-electron chi connectivity index (χ2n) is 9.60. The number of rotatable bonds is 7. The molecule has 0 atom stereocenters. The van der Waals surface area contributed by atoms with Crippen LogP contribution < -0.4 is 4.74 Å². The first kappa shape index (κ1) is 22.3. The summed E-state index contributed by atoms with van der Waals surface area (Å²) in [4.78, 5) is 10.5. The molecule has 0 unspecified atom stereocenters. The number of H-pyrrole nitrogens is 2. The largest absolute Gasteiger partial charge is 0.491 e. The molecule has 1 aliphatic heterocycles. The van der Waals surface area contributed by atoms with Crippen molar-refractivity contribution in [3.8, 4) is 39.4 Å². The highest BCUT2D eigenvalue weighted by Crippen LogP contribution is 2.36. The van der Waals surface area contributed by atoms with Gasteiger partial charge in [-0.1, -0.05) is 18.2 Å². The van der Waals surface area contributed by atoms with Crippen LogP contribution in [0, 0.1) is 0 Å². The maximum atomic E-state index is 6.04. The molecule has 0 spiro atoms. The zero-order valence-electron chi connectivity index (χ0n) is 20.4. The molecule has 1 fully saturated rings. The fourth-order valence-corrected chi connectivity index (χ4v) is 5.96. The van der Waals surface area contributed by atoms with Crippen LogP contribution in [0.5, 0.6) is 5.75 Å². The lowest BCUT2D eigenvalue weighted by Gasteiger charge is -2.15. The number of nitrogens with one attached hydrogen (secondary N) is 2. The number of pyridine rings is 1. The number of aromatic nitrogens is 4. The van der Waals surface area contributed by atoms with E-state index in [0.29, 0.717) is 6.61 Å². The Bertz CT molecular complexity index is 1680. The summed E-state index contributed by atoms with van der Waals surface area (Å²) in [5.41, 5.74) is 8.61. The Hall–Kier alpha value is -3.94. The second-order valence-corrected chi connectivity index (χ2v) is 10.4. The minimum Gasteiger partial charge on any atom is -0.491 e. The van der Waals surface area contributed by atoms with Crippen LogP contribution >= 0.6 is 11.3 Å². The summed E-state index contributed by atoms with van der Waals surface area (Å²) in [7, 11) is 0. The third-order valence-electron chi connectivity index (χ3n) is 7.24. The molecule has 6 nitrogen and oxygen atoms in total. The SMILES string of the molecule is c1cc(-c2ccsc2)c2cc(-c3n[nH]c4ccc(-c5cncc(OCCN6CCCC6)c5)cc34)[nH]c2c1. The second kappa shape index (κ2) is 9.50. The molecule has 184 valence electrons. The van der Waals surface area contributed by atoms with Crippen molar-refractivity contribution in [2.75, 3.05) is 26.2 Å². The van der Waals surface area contributed by atoms with Crippen LogP contribution in [0.2, 0.25) is 0 Å². The monoisotopic (exact) mass is 505 g/mol. The van der Waals surface area contributed by atoms with Crippen molar-refractivity contribution < 1.29 is 4.74 Å². The predicted octanol–water partition coefficient (Wildman–Crippen LogP) is 6.98. The van der Waals surface area contributed by atoms with Gasteiger partial charge in [0.05, 0.1) is 17.4 Å². The number of nitrogens with zero attached hydrogens (tertiary/aromatic N) is 3. The third kappa shape index (κ3) is 4.30. The molecule has 5 heterocycles. The Balaban J connectivity index is 1.20. The number of benzene rings is 2. The summed E-state index contributed by atoms with van der Waals surface area (Å²) in [5.74, 6) is 0.806. The lowest BCUT2D eigenvalue weighted by atomic mass is 10.0. The first-order chi connectivity index (χ1) is 18.3. The van der Waals surface area contributed by atoms with Crippen LogP contribution in [0.15, 0.2) is 77.8 Å². The zero-order valence-corrected chi connectivity index (χ0v) is 21.2. The highest BCUT2D eigenvalue weighted by molar-refractivity contribution is 7.08. The maximum absolute atomic E-state index is 6.04. The van der Waals surface area contributed by atoms with E-state index in [0.717, 1.165) is 51.2 Å². The van der Waals surface area contributed by atoms with Crippen molar-refractivity contribution >= 4 is 33.1 Å². The average molecular weight is 506 g/mol. The van der Waals surface area contributed by atoms with E-state index >= 15 is 0 Å². The van der Waals surface area contributed by atoms with Gasteiger partial charge in [0.25, 0.3) is 0 Å². The Morgan fingerprint density at radius 1 is 0.892 bits per heavy atom. The molecule has 7 rings (SSSR count). The molecule has 0 amide bonds. The molecular weight excluding hydrogens is 478 g/mol. The quantitative estimate of drug-likeness (QED) is 0.246. The molecule has 1 aliphatic rings. The molecule has 0 saturated carbocycles. The van der Waals surface area contributed by atoms with Gasteiger partial charge in [-0.3, -0.25) is 15.0 Å². The van der Waals surface area contributed by atoms with Gasteiger partial charge >= 0.3 is 0 Å². The molecule has 1 saturated heterocycles. The van der Waals surface area contributed by atoms with Gasteiger partial charge in [-0.15, -0.1) is 0 Å². The summed E-state index contributed by atoms with van der Waals surface area (Å²) in [6, 6.07) is 19.2. The molecule has 2 aromatic carbocycles. The van der Waals surface area contributed by atoms with Gasteiger partial charge < -0.3 is 9.72 Å². The lowest BCUT2D eigenvalue weighted by molar-refractivity contribution is 0.237. The van der Waals surface area contributed by atoms with Crippen molar-refractivity contribution in [2.24, 2.45) is 0 Å². The number of aromatic amines is 2. The van der Waals surface area contributed by atoms with Crippen LogP contribution in [0.1, 0.15) is 12.8 Å². The number of likely N-dealkylation sites (tertiary alicyclic amines) is 1. The molecule has 0 aliphatic carbocycles. The molecule has 0 bridgehead atoms. The van der Waals surface area contributed by atoms with Gasteiger partial charge in [-0.25, -0.2) is 0 Å². The van der Waals surface area contributed by atoms with Crippen LogP contribution in [-0.2, 0) is 0 Å². The summed E-state index contributed by atoms with van der Waals surface area (Å²) < 4.78 is 6.04. The molecule has 6 aromatic rings. The number of ether oxygens (including phenoxy) is 1. The maximum Gasteiger partial charge on any atom is 0.138 e. The van der Waals surface area contributed by atoms with E-state index in [1.807, 2.05) is 6.20 Å². The van der Waals surface area contributed by atoms with E-state index in [-0.39, 0.29) is 0 Å². The summed E-state index contributed by atoms with van der Waals surface area (Å²) in [6.07, 6.45) is 6.28. The average Bonchev–Trinajstić information content (AvgIpc) is 3.74. The fraction of sp³-hybridized carbons (Fsp3) is 0.200. The normalized spacial score (nSPS) is 14.2. The Kier molecular flexibility index (Phi) is 5.72. The van der Waals surface area contributed by atoms with Crippen LogP contribution in [0.3, 0.4) is 0 Å². The molecule has 2 N–H and O–H groups in total. The van der Waals surface area contributed by atoms with Crippen molar-refractivity contribution in [2.45, 2.75) is 12.8 Å². The summed E-state index contributed by atoms with van der Waals surface area (Å²) in [6.45, 7) is 4.01. The molecular formula is C30H27N5OS. The number of hydrogen-bond acceptors (Lipinski definition) is 5. The standard InChI is InChI=1S/C30H27N5OS/c1-2-10-35(9-1)11-12-36-23-14-22(17-31-18-23)20-6-7-28-26(15-20)30(34-33-28)29-16-25-24(21-8-13-37-19-21)4-3-5-27(25)32-29/h3-8,13-19,32H,1-2,9-12H2,(H,33,34). The highest BCUT2D eigenvalue weighted by atomic mass is 32.1. The summed E-state index contributed by atoms with van der Waals surface area (Å²) in [5, 5.41) is 14.5. The Labute approximate surface area is 218 Å². The Morgan fingerprint density at radius 3 is 2.73 bits per heavy atom. The topological polar surface area (TPSA) is 69.8 Å². The smallest absolute Gasteiger partial charge is 0.138 e. The van der Waals surface area contributed by atoms with Gasteiger partial charge in [-0.05, 0) is 89.8 Å². The van der Waals surface area contributed by atoms with E-state index in [1.54, 1.807) is 17.5 Å². The molecule has 37 heavy (non-hydrogen) atoms. The van der Waals surface area contributed by atoms with Crippen LogP contribution in [-0.4, -0.2) is 51.3 Å². The molecule has 0 radical (unpaired) electrons. The van der Waals surface area contributed by atoms with E-state index < -0.39 is 0 Å². The Morgan fingerprint density at radius 2 is 1.84 bits per heavy atom. The fourth-order valence-electron chi connectivity index (χ4n) is 5.31. The van der Waals surface area contributed by atoms with Crippen LogP contribution in [0.25, 0.3) is 55.4 Å². The molecule has 7 heteroatoms. The van der Waals surface area contributed by atoms with E-state index in [2.05, 4.69) is 90.4 Å². The first-order valence-corrected chi connectivity index (χ1v) is 13.7. The van der Waals surface area contributed by atoms with E-state index in [1.165, 1.54) is 42.4 Å². The van der Waals surface area contributed by atoms with Crippen molar-refractivity contribution in [3.63, 3.8) is 0 Å². The third-order valence-corrected chi connectivity index (χ3v) is 7.92. The van der Waals surface area contributed by atoms with Crippen molar-refractivity contribution in [3.05, 3.63) is 77.8 Å². The van der Waals surface area contributed by atoms with Crippen molar-refractivity contribution in [1.29, 1.82) is 0 Å². The lowest BCUT2D eigenvalue weighted by Crippen LogP contribution is -2.25. The van der Waals surface area contributed by atoms with E-state index in [9.17, 15) is 0 Å². The van der Waals surface area contributed by atoms with Gasteiger partial charge in [-0.2, -0.15) is 16.4 Å². The predicted molar refractivity (Wildman–Crippen MR) is 151 cm³/mol. The van der Waals surface area contributed by atoms with Gasteiger partial charge in [0.1, 0.15) is 18.1 Å². The molecule has 4 aromatic heterocycles. The van der Waals surface area contributed by atoms with Gasteiger partial charge in [0.2, 0.25) is 0 Å². The minimum absolute atomic E-state index is 0.684. The number of fused-ring (bicyclic) bond motifs is 2. The van der Waals surface area contributed by atoms with Gasteiger partial charge in [0.15, 0.2) is 0 Å². The van der Waals surface area contributed by atoms with Crippen molar-refractivity contribution in [1.82, 2.24) is 25.1 Å². The van der Waals surface area contributed by atoms with Crippen LogP contribution in [0.4, 0.5) is 0 Å². The number of thiophene rings is 1.